The van der Waals surface area contributed by atoms with Crippen LogP contribution < -0.4 is 0 Å². The van der Waals surface area contributed by atoms with Crippen molar-refractivity contribution in [2.75, 3.05) is 0 Å². The van der Waals surface area contributed by atoms with Crippen LogP contribution in [0.5, 0.6) is 0 Å². The van der Waals surface area contributed by atoms with Crippen molar-refractivity contribution in [3.8, 4) is 0 Å². The van der Waals surface area contributed by atoms with E-state index in [1.165, 1.54) is 12.0 Å². The number of aliphatic carboxylic acids is 1. The van der Waals surface area contributed by atoms with Crippen LogP contribution in [0.2, 0.25) is 0 Å². The molecule has 14 heavy (non-hydrogen) atoms. The number of hydrogen-bond donors (Lipinski definition) is 1. The zero-order chi connectivity index (χ0) is 10.8. The van der Waals surface area contributed by atoms with Crippen LogP contribution in [0.15, 0.2) is 11.6 Å². The van der Waals surface area contributed by atoms with E-state index < -0.39 is 5.97 Å². The van der Waals surface area contributed by atoms with Crippen LogP contribution in [0.1, 0.15) is 46.5 Å². The Hall–Kier alpha value is -0.790. The van der Waals surface area contributed by atoms with E-state index in [4.69, 9.17) is 5.11 Å². The minimum absolute atomic E-state index is 0.272. The fourth-order valence-electron chi connectivity index (χ4n) is 2.49. The quantitative estimate of drug-likeness (QED) is 0.703. The minimum atomic E-state index is -0.681. The zero-order valence-corrected chi connectivity index (χ0v) is 9.34. The predicted molar refractivity (Wildman–Crippen MR) is 57.1 cm³/mol. The van der Waals surface area contributed by atoms with Gasteiger partial charge in [-0.15, -0.1) is 0 Å². The summed E-state index contributed by atoms with van der Waals surface area (Å²) < 4.78 is 0. The third-order valence-electron chi connectivity index (χ3n) is 3.39. The van der Waals surface area contributed by atoms with Crippen LogP contribution in [-0.2, 0) is 4.79 Å². The zero-order valence-electron chi connectivity index (χ0n) is 9.34. The predicted octanol–water partition coefficient (Wildman–Crippen LogP) is 3.23. The van der Waals surface area contributed by atoms with Gasteiger partial charge in [-0.05, 0) is 37.5 Å². The Balaban J connectivity index is 2.66. The van der Waals surface area contributed by atoms with Crippen LogP contribution in [0, 0.1) is 11.3 Å². The third-order valence-corrected chi connectivity index (χ3v) is 3.39. The maximum Gasteiger partial charge on any atom is 0.303 e. The van der Waals surface area contributed by atoms with Gasteiger partial charge < -0.3 is 5.11 Å². The highest BCUT2D eigenvalue weighted by Gasteiger charge is 2.32. The molecule has 0 saturated heterocycles. The molecule has 0 saturated carbocycles. The number of carboxylic acid groups (broad SMARTS) is 1. The lowest BCUT2D eigenvalue weighted by Crippen LogP contribution is -2.28. The lowest BCUT2D eigenvalue weighted by atomic mass is 9.67. The average molecular weight is 196 g/mol. The Bertz CT molecular complexity index is 251. The summed E-state index contributed by atoms with van der Waals surface area (Å²) in [5.41, 5.74) is 1.65. The normalized spacial score (nSPS) is 25.6. The highest BCUT2D eigenvalue weighted by atomic mass is 16.4. The van der Waals surface area contributed by atoms with E-state index in [1.807, 2.05) is 0 Å². The molecule has 0 amide bonds. The topological polar surface area (TPSA) is 37.3 Å². The van der Waals surface area contributed by atoms with Crippen LogP contribution in [-0.4, -0.2) is 11.1 Å². The van der Waals surface area contributed by atoms with E-state index in [0.29, 0.717) is 12.3 Å². The Kier molecular flexibility index (Phi) is 3.35. The molecule has 0 heterocycles. The molecule has 0 spiro atoms. The van der Waals surface area contributed by atoms with Crippen LogP contribution in [0.3, 0.4) is 0 Å². The van der Waals surface area contributed by atoms with Gasteiger partial charge in [0, 0.05) is 6.42 Å². The molecule has 1 aliphatic carbocycles. The second kappa shape index (κ2) is 4.16. The highest BCUT2D eigenvalue weighted by molar-refractivity contribution is 5.66. The minimum Gasteiger partial charge on any atom is -0.481 e. The Labute approximate surface area is 86.0 Å². The fraction of sp³-hybridized carbons (Fsp3) is 0.750. The third kappa shape index (κ3) is 2.60. The first-order valence-electron chi connectivity index (χ1n) is 5.32. The standard InChI is InChI=1S/C12H20O2/c1-9-5-4-8-12(2,3)10(9)6-7-11(13)14/h5,10H,4,6-8H2,1-3H3,(H,13,14)/t10-/m1/s1. The summed E-state index contributed by atoms with van der Waals surface area (Å²) in [6.45, 7) is 6.62. The summed E-state index contributed by atoms with van der Waals surface area (Å²) in [5.74, 6) is -0.230. The number of carbonyl (C=O) groups is 1. The second-order valence-corrected chi connectivity index (χ2v) is 4.96. The van der Waals surface area contributed by atoms with E-state index >= 15 is 0 Å². The van der Waals surface area contributed by atoms with Crippen molar-refractivity contribution < 1.29 is 9.90 Å². The van der Waals surface area contributed by atoms with Gasteiger partial charge in [-0.3, -0.25) is 4.79 Å². The van der Waals surface area contributed by atoms with Crippen LogP contribution in [0.25, 0.3) is 0 Å². The van der Waals surface area contributed by atoms with E-state index in [9.17, 15) is 4.79 Å². The van der Waals surface area contributed by atoms with Gasteiger partial charge in [-0.1, -0.05) is 25.5 Å². The Morgan fingerprint density at radius 3 is 2.79 bits per heavy atom. The lowest BCUT2D eigenvalue weighted by molar-refractivity contribution is -0.137. The summed E-state index contributed by atoms with van der Waals surface area (Å²) in [7, 11) is 0. The van der Waals surface area contributed by atoms with Crippen molar-refractivity contribution in [2.45, 2.75) is 46.5 Å². The number of rotatable bonds is 3. The maximum absolute atomic E-state index is 10.5. The van der Waals surface area contributed by atoms with Crippen molar-refractivity contribution in [3.05, 3.63) is 11.6 Å². The van der Waals surface area contributed by atoms with Gasteiger partial charge in [0.05, 0.1) is 0 Å². The Morgan fingerprint density at radius 2 is 2.29 bits per heavy atom. The Morgan fingerprint density at radius 1 is 1.64 bits per heavy atom. The molecule has 1 N–H and O–H groups in total. The summed E-state index contributed by atoms with van der Waals surface area (Å²) >= 11 is 0. The number of carboxylic acids is 1. The summed E-state index contributed by atoms with van der Waals surface area (Å²) in [6, 6.07) is 0. The highest BCUT2D eigenvalue weighted by Crippen LogP contribution is 2.43. The van der Waals surface area contributed by atoms with Crippen molar-refractivity contribution in [3.63, 3.8) is 0 Å². The van der Waals surface area contributed by atoms with E-state index in [0.717, 1.165) is 12.8 Å². The van der Waals surface area contributed by atoms with Crippen LogP contribution in [0.4, 0.5) is 0 Å². The molecule has 2 heteroatoms. The molecule has 0 fully saturated rings. The van der Waals surface area contributed by atoms with Gasteiger partial charge in [-0.25, -0.2) is 0 Å². The van der Waals surface area contributed by atoms with Gasteiger partial charge in [0.15, 0.2) is 0 Å². The first-order chi connectivity index (χ1) is 6.43. The van der Waals surface area contributed by atoms with Crippen LogP contribution >= 0.6 is 0 Å². The summed E-state index contributed by atoms with van der Waals surface area (Å²) in [5, 5.41) is 8.68. The second-order valence-electron chi connectivity index (χ2n) is 4.96. The van der Waals surface area contributed by atoms with Gasteiger partial charge in [-0.2, -0.15) is 0 Å². The number of hydrogen-bond acceptors (Lipinski definition) is 1. The molecule has 0 aliphatic heterocycles. The molecule has 2 nitrogen and oxygen atoms in total. The molecule has 0 aromatic heterocycles. The molecule has 0 aromatic carbocycles. The van der Waals surface area contributed by atoms with Crippen molar-refractivity contribution in [2.24, 2.45) is 11.3 Å². The van der Waals surface area contributed by atoms with Gasteiger partial charge in [0.25, 0.3) is 0 Å². The first-order valence-corrected chi connectivity index (χ1v) is 5.32. The van der Waals surface area contributed by atoms with E-state index in [2.05, 4.69) is 26.8 Å². The fourth-order valence-corrected chi connectivity index (χ4v) is 2.49. The molecule has 1 aliphatic rings. The molecule has 0 bridgehead atoms. The molecule has 0 aromatic rings. The molecule has 1 atom stereocenters. The number of allylic oxidation sites excluding steroid dienone is 2. The van der Waals surface area contributed by atoms with E-state index in [-0.39, 0.29) is 5.41 Å². The van der Waals surface area contributed by atoms with Gasteiger partial charge in [0.2, 0.25) is 0 Å². The smallest absolute Gasteiger partial charge is 0.303 e. The lowest BCUT2D eigenvalue weighted by Gasteiger charge is -2.38. The molecule has 1 rings (SSSR count). The summed E-state index contributed by atoms with van der Waals surface area (Å²) in [4.78, 5) is 10.5. The monoisotopic (exact) mass is 196 g/mol. The van der Waals surface area contributed by atoms with Gasteiger partial charge in [0.1, 0.15) is 0 Å². The van der Waals surface area contributed by atoms with E-state index in [1.54, 1.807) is 0 Å². The van der Waals surface area contributed by atoms with Crippen molar-refractivity contribution in [1.29, 1.82) is 0 Å². The molecular formula is C12H20O2. The molecular weight excluding hydrogens is 176 g/mol. The SMILES string of the molecule is CC1=CCCC(C)(C)[C@@H]1CCC(=O)O. The molecule has 0 radical (unpaired) electrons. The first kappa shape index (κ1) is 11.3. The summed E-state index contributed by atoms with van der Waals surface area (Å²) in [6.07, 6.45) is 5.65. The van der Waals surface area contributed by atoms with Crippen molar-refractivity contribution in [1.82, 2.24) is 0 Å². The van der Waals surface area contributed by atoms with Gasteiger partial charge >= 0.3 is 5.97 Å². The molecule has 80 valence electrons. The van der Waals surface area contributed by atoms with Crippen molar-refractivity contribution >= 4 is 5.97 Å². The average Bonchev–Trinajstić information content (AvgIpc) is 2.01. The molecule has 0 unspecified atom stereocenters. The maximum atomic E-state index is 10.5. The largest absolute Gasteiger partial charge is 0.481 e.